The average molecular weight is 434 g/mol. The summed E-state index contributed by atoms with van der Waals surface area (Å²) in [5, 5.41) is 14.7. The van der Waals surface area contributed by atoms with E-state index in [2.05, 4.69) is 25.6 Å². The number of fused-ring (bicyclic) bond motifs is 1. The van der Waals surface area contributed by atoms with Gasteiger partial charge in [0.25, 0.3) is 5.91 Å². The van der Waals surface area contributed by atoms with Crippen LogP contribution in [0, 0.1) is 5.92 Å². The molecule has 0 aliphatic carbocycles. The van der Waals surface area contributed by atoms with Gasteiger partial charge in [0, 0.05) is 35.3 Å². The van der Waals surface area contributed by atoms with Crippen LogP contribution in [-0.2, 0) is 0 Å². The van der Waals surface area contributed by atoms with Crippen molar-refractivity contribution in [3.8, 4) is 22.3 Å². The van der Waals surface area contributed by atoms with Gasteiger partial charge in [-0.1, -0.05) is 13.8 Å². The van der Waals surface area contributed by atoms with Gasteiger partial charge in [-0.3, -0.25) is 9.89 Å². The summed E-state index contributed by atoms with van der Waals surface area (Å²) in [5.74, 6) is -1.53. The Morgan fingerprint density at radius 3 is 2.67 bits per heavy atom. The minimum Gasteiger partial charge on any atom is -0.339 e. The second-order valence-corrected chi connectivity index (χ2v) is 8.00. The monoisotopic (exact) mass is 434 g/mol. The largest absolute Gasteiger partial charge is 0.408 e. The van der Waals surface area contributed by atoms with E-state index in [1.807, 2.05) is 0 Å². The van der Waals surface area contributed by atoms with Crippen molar-refractivity contribution in [3.05, 3.63) is 47.3 Å². The highest BCUT2D eigenvalue weighted by molar-refractivity contribution is 7.12. The normalized spacial score (nSPS) is 13.1. The zero-order chi connectivity index (χ0) is 21.5. The van der Waals surface area contributed by atoms with Crippen LogP contribution < -0.4 is 5.32 Å². The van der Waals surface area contributed by atoms with E-state index in [4.69, 9.17) is 0 Å². The van der Waals surface area contributed by atoms with Gasteiger partial charge in [-0.15, -0.1) is 11.3 Å². The number of hydrogen-bond donors (Lipinski definition) is 2. The number of aromatic amines is 1. The molecule has 1 amide bonds. The quantitative estimate of drug-likeness (QED) is 0.494. The van der Waals surface area contributed by atoms with Crippen LogP contribution in [0.15, 0.2) is 42.4 Å². The molecular weight excluding hydrogens is 417 g/mol. The molecule has 0 fully saturated rings. The lowest BCUT2D eigenvalue weighted by Gasteiger charge is -2.24. The molecule has 4 rings (SSSR count). The summed E-state index contributed by atoms with van der Waals surface area (Å²) in [6.07, 6.45) is 3.99. The van der Waals surface area contributed by atoms with E-state index in [9.17, 15) is 18.0 Å². The molecule has 0 radical (unpaired) electrons. The molecule has 4 aromatic heterocycles. The topological polar surface area (TPSA) is 88.0 Å². The summed E-state index contributed by atoms with van der Waals surface area (Å²) in [6, 6.07) is -0.355. The lowest BCUT2D eigenvalue weighted by Crippen LogP contribution is -2.48. The van der Waals surface area contributed by atoms with Gasteiger partial charge in [-0.25, -0.2) is 9.50 Å². The molecular formula is C19H17F3N6OS. The number of nitrogens with one attached hydrogen (secondary N) is 2. The number of hydrogen-bond acceptors (Lipinski definition) is 5. The maximum Gasteiger partial charge on any atom is 0.408 e. The zero-order valence-corrected chi connectivity index (χ0v) is 16.8. The number of nitrogens with zero attached hydrogens (tertiary/aromatic N) is 4. The first-order valence-corrected chi connectivity index (χ1v) is 9.91. The first-order valence-electron chi connectivity index (χ1n) is 9.03. The van der Waals surface area contributed by atoms with Crippen LogP contribution in [0.2, 0.25) is 0 Å². The second-order valence-electron chi connectivity index (χ2n) is 7.09. The van der Waals surface area contributed by atoms with Crippen molar-refractivity contribution in [2.24, 2.45) is 5.92 Å². The summed E-state index contributed by atoms with van der Waals surface area (Å²) in [4.78, 5) is 17.0. The number of rotatable bonds is 5. The SMILES string of the molecule is CC(C)[C@@H](NC(=O)c1cc(-c2cnn3cc(-c4cn[nH]c4)cnc23)cs1)C(F)(F)F. The molecule has 11 heteroatoms. The second kappa shape index (κ2) is 7.56. The highest BCUT2D eigenvalue weighted by Gasteiger charge is 2.42. The van der Waals surface area contributed by atoms with Crippen LogP contribution in [0.5, 0.6) is 0 Å². The molecule has 0 aliphatic rings. The van der Waals surface area contributed by atoms with Crippen molar-refractivity contribution >= 4 is 22.9 Å². The fourth-order valence-electron chi connectivity index (χ4n) is 3.07. The molecule has 4 aromatic rings. The number of alkyl halides is 3. The van der Waals surface area contributed by atoms with E-state index in [1.165, 1.54) is 13.8 Å². The number of H-pyrrole nitrogens is 1. The van der Waals surface area contributed by atoms with Crippen molar-refractivity contribution in [3.63, 3.8) is 0 Å². The van der Waals surface area contributed by atoms with Gasteiger partial charge in [0.1, 0.15) is 6.04 Å². The number of thiophene rings is 1. The van der Waals surface area contributed by atoms with Gasteiger partial charge in [0.15, 0.2) is 5.65 Å². The Balaban J connectivity index is 1.59. The molecule has 30 heavy (non-hydrogen) atoms. The molecule has 2 N–H and O–H groups in total. The first-order chi connectivity index (χ1) is 14.2. The van der Waals surface area contributed by atoms with Gasteiger partial charge in [0.05, 0.1) is 17.3 Å². The predicted molar refractivity (Wildman–Crippen MR) is 106 cm³/mol. The zero-order valence-electron chi connectivity index (χ0n) is 15.9. The van der Waals surface area contributed by atoms with Crippen LogP contribution in [0.4, 0.5) is 13.2 Å². The van der Waals surface area contributed by atoms with Crippen LogP contribution >= 0.6 is 11.3 Å². The molecule has 0 unspecified atom stereocenters. The van der Waals surface area contributed by atoms with E-state index in [-0.39, 0.29) is 4.88 Å². The maximum absolute atomic E-state index is 13.1. The Kier molecular flexibility index (Phi) is 5.06. The summed E-state index contributed by atoms with van der Waals surface area (Å²) in [7, 11) is 0. The van der Waals surface area contributed by atoms with Crippen molar-refractivity contribution in [2.45, 2.75) is 26.1 Å². The smallest absolute Gasteiger partial charge is 0.339 e. The fraction of sp³-hybridized carbons (Fsp3) is 0.263. The van der Waals surface area contributed by atoms with Crippen LogP contribution in [-0.4, -0.2) is 42.9 Å². The van der Waals surface area contributed by atoms with E-state index in [0.29, 0.717) is 16.8 Å². The highest BCUT2D eigenvalue weighted by Crippen LogP contribution is 2.30. The van der Waals surface area contributed by atoms with Crippen LogP contribution in [0.3, 0.4) is 0 Å². The van der Waals surface area contributed by atoms with Gasteiger partial charge in [-0.05, 0) is 22.9 Å². The molecule has 4 heterocycles. The molecule has 7 nitrogen and oxygen atoms in total. The first kappa shape index (κ1) is 20.1. The molecule has 1 atom stereocenters. The molecule has 0 bridgehead atoms. The third-order valence-corrected chi connectivity index (χ3v) is 5.56. The number of halogens is 3. The van der Waals surface area contributed by atoms with Crippen molar-refractivity contribution in [1.29, 1.82) is 0 Å². The summed E-state index contributed by atoms with van der Waals surface area (Å²) in [5.41, 5.74) is 3.60. The van der Waals surface area contributed by atoms with E-state index >= 15 is 0 Å². The third kappa shape index (κ3) is 3.80. The molecule has 0 saturated carbocycles. The maximum atomic E-state index is 13.1. The number of aromatic nitrogens is 5. The predicted octanol–water partition coefficient (Wildman–Crippen LogP) is 4.16. The average Bonchev–Trinajstić information content (AvgIpc) is 3.43. The van der Waals surface area contributed by atoms with Crippen molar-refractivity contribution in [2.75, 3.05) is 0 Å². The Morgan fingerprint density at radius 2 is 2.00 bits per heavy atom. The number of amides is 1. The van der Waals surface area contributed by atoms with Crippen LogP contribution in [0.1, 0.15) is 23.5 Å². The Morgan fingerprint density at radius 1 is 1.20 bits per heavy atom. The lowest BCUT2D eigenvalue weighted by molar-refractivity contribution is -0.162. The summed E-state index contributed by atoms with van der Waals surface area (Å²) >= 11 is 1.07. The Bertz CT molecular complexity index is 1180. The van der Waals surface area contributed by atoms with Gasteiger partial charge < -0.3 is 5.32 Å². The molecule has 0 aliphatic heterocycles. The summed E-state index contributed by atoms with van der Waals surface area (Å²) in [6.45, 7) is 2.83. The standard InChI is InChI=1S/C19H17F3N6OS/c1-10(2)16(19(20,21)22)27-18(29)15-3-11(9-30-15)14-7-26-28-8-13(4-23-17(14)28)12-5-24-25-6-12/h3-10,16H,1-2H3,(H,24,25)(H,27,29)/t16-/m1/s1. The van der Waals surface area contributed by atoms with E-state index < -0.39 is 24.0 Å². The highest BCUT2D eigenvalue weighted by atomic mass is 32.1. The van der Waals surface area contributed by atoms with Crippen molar-refractivity contribution in [1.82, 2.24) is 30.1 Å². The fourth-order valence-corrected chi connectivity index (χ4v) is 3.88. The van der Waals surface area contributed by atoms with E-state index in [1.54, 1.807) is 46.9 Å². The minimum atomic E-state index is -4.51. The molecule has 156 valence electrons. The minimum absolute atomic E-state index is 0.189. The lowest BCUT2D eigenvalue weighted by atomic mass is 10.0. The molecule has 0 spiro atoms. The van der Waals surface area contributed by atoms with Crippen LogP contribution in [0.25, 0.3) is 27.9 Å². The van der Waals surface area contributed by atoms with Gasteiger partial charge in [0.2, 0.25) is 0 Å². The Labute approximate surface area is 173 Å². The molecule has 0 saturated heterocycles. The van der Waals surface area contributed by atoms with Crippen molar-refractivity contribution < 1.29 is 18.0 Å². The summed E-state index contributed by atoms with van der Waals surface area (Å²) < 4.78 is 41.0. The van der Waals surface area contributed by atoms with Gasteiger partial charge >= 0.3 is 6.18 Å². The Hall–Kier alpha value is -3.21. The third-order valence-electron chi connectivity index (χ3n) is 4.63. The van der Waals surface area contributed by atoms with Gasteiger partial charge in [-0.2, -0.15) is 23.4 Å². The number of carbonyl (C=O) groups is 1. The van der Waals surface area contributed by atoms with E-state index in [0.717, 1.165) is 22.5 Å². The number of carbonyl (C=O) groups excluding carboxylic acids is 1. The molecule has 0 aromatic carbocycles.